The Bertz CT molecular complexity index is 1010. The number of hydrogen-bond acceptors (Lipinski definition) is 5. The van der Waals surface area contributed by atoms with Gasteiger partial charge in [-0.1, -0.05) is 6.07 Å². The lowest BCUT2D eigenvalue weighted by Crippen LogP contribution is -2.39. The number of rotatable bonds is 5. The second-order valence-electron chi connectivity index (χ2n) is 8.60. The number of anilines is 2. The maximum Gasteiger partial charge on any atom is 0.410 e. The molecule has 4 rings (SSSR count). The molecule has 0 unspecified atom stereocenters. The van der Waals surface area contributed by atoms with Gasteiger partial charge >= 0.3 is 18.1 Å². The Morgan fingerprint density at radius 2 is 1.85 bits per heavy atom. The summed E-state index contributed by atoms with van der Waals surface area (Å²) in [4.78, 5) is 41.4. The lowest BCUT2D eigenvalue weighted by atomic mass is 9.85. The van der Waals surface area contributed by atoms with E-state index >= 15 is 0 Å². The summed E-state index contributed by atoms with van der Waals surface area (Å²) in [6, 6.07) is 8.84. The number of aromatic nitrogens is 1. The van der Waals surface area contributed by atoms with Gasteiger partial charge in [-0.15, -0.1) is 0 Å². The van der Waals surface area contributed by atoms with Crippen LogP contribution in [0.1, 0.15) is 43.2 Å². The summed E-state index contributed by atoms with van der Waals surface area (Å²) < 4.78 is 5.70. The summed E-state index contributed by atoms with van der Waals surface area (Å²) in [6.45, 7) is 1.01. The van der Waals surface area contributed by atoms with E-state index in [-0.39, 0.29) is 30.6 Å². The Balaban J connectivity index is 1.27. The number of fused-ring (bicyclic) bond motifs is 1. The zero-order valence-electron chi connectivity index (χ0n) is 18.3. The number of hydrogen-bond donors (Lipinski definition) is 3. The number of carboxylic acid groups (broad SMARTS) is 1. The zero-order valence-corrected chi connectivity index (χ0v) is 18.3. The van der Waals surface area contributed by atoms with E-state index in [1.807, 2.05) is 18.2 Å². The summed E-state index contributed by atoms with van der Waals surface area (Å²) >= 11 is 0. The first-order valence-electron chi connectivity index (χ1n) is 11.2. The van der Waals surface area contributed by atoms with Crippen molar-refractivity contribution in [2.75, 3.05) is 17.2 Å². The fraction of sp³-hybridized carbons (Fsp3) is 0.417. The fourth-order valence-corrected chi connectivity index (χ4v) is 4.43. The van der Waals surface area contributed by atoms with Gasteiger partial charge in [-0.05, 0) is 73.4 Å². The molecule has 2 aliphatic rings. The molecule has 0 radical (unpaired) electrons. The number of amides is 3. The van der Waals surface area contributed by atoms with Gasteiger partial charge in [0.2, 0.25) is 0 Å². The Hall–Kier alpha value is -3.62. The molecule has 3 amide bonds. The average molecular weight is 453 g/mol. The molecule has 0 spiro atoms. The number of urea groups is 1. The van der Waals surface area contributed by atoms with Crippen molar-refractivity contribution in [3.8, 4) is 0 Å². The van der Waals surface area contributed by atoms with Crippen LogP contribution >= 0.6 is 0 Å². The normalized spacial score (nSPS) is 19.8. The second kappa shape index (κ2) is 10.3. The lowest BCUT2D eigenvalue weighted by Gasteiger charge is -2.32. The summed E-state index contributed by atoms with van der Waals surface area (Å²) in [5.74, 6) is -0.594. The summed E-state index contributed by atoms with van der Waals surface area (Å²) in [5.41, 5.74) is 3.41. The number of ether oxygens (including phenoxy) is 1. The molecule has 2 heterocycles. The molecule has 1 saturated carbocycles. The predicted octanol–water partition coefficient (Wildman–Crippen LogP) is 4.25. The van der Waals surface area contributed by atoms with Crippen molar-refractivity contribution in [3.63, 3.8) is 0 Å². The van der Waals surface area contributed by atoms with Crippen LogP contribution in [0.4, 0.5) is 21.0 Å². The van der Waals surface area contributed by atoms with Gasteiger partial charge in [-0.2, -0.15) is 0 Å². The van der Waals surface area contributed by atoms with E-state index in [1.54, 1.807) is 29.4 Å². The number of benzene rings is 1. The highest BCUT2D eigenvalue weighted by atomic mass is 16.6. The standard InChI is InChI=1S/C24H28N4O5/c29-22(30)12-16-3-7-21(8-4-16)33-24(32)28-11-9-17-13-19(6-5-18(17)15-28)26-23(31)27-20-2-1-10-25-14-20/h1-2,5-6,10,13-14,16,21H,3-4,7-9,11-12,15H2,(H,29,30)(H2,26,27,31). The van der Waals surface area contributed by atoms with E-state index in [9.17, 15) is 14.4 Å². The summed E-state index contributed by atoms with van der Waals surface area (Å²) in [7, 11) is 0. The fourth-order valence-electron chi connectivity index (χ4n) is 4.43. The van der Waals surface area contributed by atoms with E-state index in [0.29, 0.717) is 43.7 Å². The van der Waals surface area contributed by atoms with Crippen LogP contribution in [-0.2, 0) is 22.5 Å². The van der Waals surface area contributed by atoms with Gasteiger partial charge < -0.3 is 25.4 Å². The van der Waals surface area contributed by atoms with E-state index < -0.39 is 5.97 Å². The van der Waals surface area contributed by atoms with Crippen LogP contribution < -0.4 is 10.6 Å². The van der Waals surface area contributed by atoms with Crippen LogP contribution in [0.15, 0.2) is 42.7 Å². The minimum Gasteiger partial charge on any atom is -0.481 e. The number of nitrogens with one attached hydrogen (secondary N) is 2. The molecule has 0 bridgehead atoms. The summed E-state index contributed by atoms with van der Waals surface area (Å²) in [6.07, 6.45) is 6.58. The molecule has 33 heavy (non-hydrogen) atoms. The van der Waals surface area contributed by atoms with Crippen molar-refractivity contribution < 1.29 is 24.2 Å². The molecule has 2 aromatic rings. The molecule has 1 aliphatic heterocycles. The Morgan fingerprint density at radius 3 is 2.58 bits per heavy atom. The third kappa shape index (κ3) is 6.21. The van der Waals surface area contributed by atoms with Gasteiger partial charge in [0.15, 0.2) is 0 Å². The van der Waals surface area contributed by atoms with Gasteiger partial charge in [0.05, 0.1) is 11.9 Å². The van der Waals surface area contributed by atoms with Crippen molar-refractivity contribution in [1.29, 1.82) is 0 Å². The maximum absolute atomic E-state index is 12.7. The van der Waals surface area contributed by atoms with Crippen molar-refractivity contribution in [3.05, 3.63) is 53.9 Å². The van der Waals surface area contributed by atoms with E-state index in [4.69, 9.17) is 9.84 Å². The largest absolute Gasteiger partial charge is 0.481 e. The first-order valence-corrected chi connectivity index (χ1v) is 11.2. The highest BCUT2D eigenvalue weighted by molar-refractivity contribution is 5.99. The molecule has 1 aromatic heterocycles. The molecular formula is C24H28N4O5. The van der Waals surface area contributed by atoms with Crippen LogP contribution in [-0.4, -0.2) is 45.7 Å². The van der Waals surface area contributed by atoms with Crippen LogP contribution in [0.3, 0.4) is 0 Å². The van der Waals surface area contributed by atoms with Crippen LogP contribution in [0.25, 0.3) is 0 Å². The van der Waals surface area contributed by atoms with Gasteiger partial charge in [-0.3, -0.25) is 9.78 Å². The quantitative estimate of drug-likeness (QED) is 0.624. The topological polar surface area (TPSA) is 121 Å². The van der Waals surface area contributed by atoms with Crippen molar-refractivity contribution in [1.82, 2.24) is 9.88 Å². The maximum atomic E-state index is 12.7. The molecule has 3 N–H and O–H groups in total. The van der Waals surface area contributed by atoms with Gasteiger partial charge in [0, 0.05) is 31.4 Å². The highest BCUT2D eigenvalue weighted by Crippen LogP contribution is 2.30. The SMILES string of the molecule is O=C(O)CC1CCC(OC(=O)N2CCc3cc(NC(=O)Nc4cccnc4)ccc3C2)CC1. The van der Waals surface area contributed by atoms with Crippen molar-refractivity contribution in [2.45, 2.75) is 51.2 Å². The van der Waals surface area contributed by atoms with Crippen molar-refractivity contribution >= 4 is 29.5 Å². The Kier molecular flexibility index (Phi) is 7.07. The third-order valence-corrected chi connectivity index (χ3v) is 6.18. The first kappa shape index (κ1) is 22.6. The van der Waals surface area contributed by atoms with Gasteiger partial charge in [0.1, 0.15) is 6.10 Å². The van der Waals surface area contributed by atoms with Crippen LogP contribution in [0, 0.1) is 5.92 Å². The smallest absolute Gasteiger partial charge is 0.410 e. The summed E-state index contributed by atoms with van der Waals surface area (Å²) in [5, 5.41) is 14.5. The number of nitrogens with zero attached hydrogens (tertiary/aromatic N) is 2. The van der Waals surface area contributed by atoms with E-state index in [2.05, 4.69) is 15.6 Å². The Morgan fingerprint density at radius 1 is 1.06 bits per heavy atom. The monoisotopic (exact) mass is 452 g/mol. The molecule has 1 aliphatic carbocycles. The lowest BCUT2D eigenvalue weighted by molar-refractivity contribution is -0.138. The predicted molar refractivity (Wildman–Crippen MR) is 122 cm³/mol. The van der Waals surface area contributed by atoms with E-state index in [0.717, 1.165) is 24.0 Å². The molecule has 9 nitrogen and oxygen atoms in total. The average Bonchev–Trinajstić information content (AvgIpc) is 2.80. The van der Waals surface area contributed by atoms with Crippen molar-refractivity contribution in [2.24, 2.45) is 5.92 Å². The van der Waals surface area contributed by atoms with E-state index in [1.165, 1.54) is 0 Å². The molecule has 0 atom stereocenters. The Labute approximate surface area is 192 Å². The minimum absolute atomic E-state index is 0.145. The highest BCUT2D eigenvalue weighted by Gasteiger charge is 2.28. The number of carbonyl (C=O) groups is 3. The molecule has 0 saturated heterocycles. The molecule has 1 fully saturated rings. The second-order valence-corrected chi connectivity index (χ2v) is 8.60. The van der Waals surface area contributed by atoms with Crippen LogP contribution in [0.5, 0.6) is 0 Å². The molecule has 174 valence electrons. The first-order chi connectivity index (χ1) is 16.0. The molecular weight excluding hydrogens is 424 g/mol. The number of aliphatic carboxylic acids is 1. The molecule has 9 heteroatoms. The van der Waals surface area contributed by atoms with Gasteiger partial charge in [0.25, 0.3) is 0 Å². The number of carbonyl (C=O) groups excluding carboxylic acids is 2. The van der Waals surface area contributed by atoms with Crippen LogP contribution in [0.2, 0.25) is 0 Å². The molecule has 1 aromatic carbocycles. The third-order valence-electron chi connectivity index (χ3n) is 6.18. The zero-order chi connectivity index (χ0) is 23.2. The number of carboxylic acids is 1. The minimum atomic E-state index is -0.769. The number of pyridine rings is 1. The van der Waals surface area contributed by atoms with Gasteiger partial charge in [-0.25, -0.2) is 9.59 Å².